The maximum absolute atomic E-state index is 13.0. The summed E-state index contributed by atoms with van der Waals surface area (Å²) >= 11 is -0.259. The molecule has 3 aromatic rings. The first-order valence-corrected chi connectivity index (χ1v) is 11.6. The van der Waals surface area contributed by atoms with Gasteiger partial charge in [-0.25, -0.2) is 9.36 Å². The van der Waals surface area contributed by atoms with Crippen molar-refractivity contribution in [2.45, 2.75) is 49.1 Å². The number of nitrogens with zero attached hydrogens (tertiary/aromatic N) is 3. The van der Waals surface area contributed by atoms with Gasteiger partial charge in [0.25, 0.3) is 0 Å². The molecule has 0 aliphatic heterocycles. The number of rotatable bonds is 6. The molecule has 1 aliphatic rings. The molecule has 34 heavy (non-hydrogen) atoms. The number of hydrogen-bond acceptors (Lipinski definition) is 5. The van der Waals surface area contributed by atoms with Gasteiger partial charge in [0, 0.05) is 17.0 Å². The van der Waals surface area contributed by atoms with E-state index < -0.39 is 11.2 Å². The van der Waals surface area contributed by atoms with Gasteiger partial charge in [0.2, 0.25) is 11.8 Å². The normalized spacial score (nSPS) is 14.8. The third-order valence-corrected chi connectivity index (χ3v) is 6.49. The Balaban J connectivity index is 1.54. The quantitative estimate of drug-likeness (QED) is 0.477. The van der Waals surface area contributed by atoms with Crippen LogP contribution in [-0.2, 0) is 11.3 Å². The number of imidazole rings is 1. The first-order valence-electron chi connectivity index (χ1n) is 10.8. The third-order valence-electron chi connectivity index (χ3n) is 5.75. The van der Waals surface area contributed by atoms with Crippen LogP contribution in [0.25, 0.3) is 5.69 Å². The van der Waals surface area contributed by atoms with Crippen molar-refractivity contribution in [3.05, 3.63) is 65.0 Å². The van der Waals surface area contributed by atoms with Crippen LogP contribution in [0.1, 0.15) is 37.7 Å². The lowest BCUT2D eigenvalue weighted by Crippen LogP contribution is -2.26. The molecule has 0 atom stereocenters. The number of aromatic nitrogens is 3. The Bertz CT molecular complexity index is 1220. The van der Waals surface area contributed by atoms with Crippen LogP contribution in [0.2, 0.25) is 0 Å². The first kappa shape index (κ1) is 23.9. The molecule has 0 bridgehead atoms. The van der Waals surface area contributed by atoms with Gasteiger partial charge in [-0.3, -0.25) is 14.3 Å². The van der Waals surface area contributed by atoms with Gasteiger partial charge in [-0.1, -0.05) is 19.3 Å². The van der Waals surface area contributed by atoms with E-state index in [9.17, 15) is 27.9 Å². The molecule has 2 aromatic heterocycles. The van der Waals surface area contributed by atoms with Crippen LogP contribution >= 0.6 is 11.8 Å². The molecule has 0 radical (unpaired) electrons. The molecule has 180 valence electrons. The Morgan fingerprint density at radius 1 is 1.15 bits per heavy atom. The van der Waals surface area contributed by atoms with Crippen molar-refractivity contribution in [2.24, 2.45) is 5.92 Å². The largest absolute Gasteiger partial charge is 0.493 e. The molecule has 1 saturated carbocycles. The summed E-state index contributed by atoms with van der Waals surface area (Å²) in [6, 6.07) is 6.82. The Labute approximate surface area is 197 Å². The fourth-order valence-electron chi connectivity index (χ4n) is 4.09. The molecule has 0 unspecified atom stereocenters. The number of amides is 1. The molecule has 1 fully saturated rings. The Kier molecular flexibility index (Phi) is 7.01. The summed E-state index contributed by atoms with van der Waals surface area (Å²) in [5, 5.41) is 13.3. The molecule has 2 N–H and O–H groups in total. The lowest BCUT2D eigenvalue weighted by atomic mass is 9.88. The minimum atomic E-state index is -4.42. The number of carbonyl (C=O) groups excluding carboxylic acids is 1. The van der Waals surface area contributed by atoms with Crippen LogP contribution in [0.15, 0.2) is 58.6 Å². The number of hydrogen-bond donors (Lipinski definition) is 2. The topological polar surface area (TPSA) is 89.2 Å². The van der Waals surface area contributed by atoms with Gasteiger partial charge in [-0.15, -0.1) is 0 Å². The molecule has 0 saturated heterocycles. The highest BCUT2D eigenvalue weighted by molar-refractivity contribution is 8.00. The zero-order chi connectivity index (χ0) is 24.3. The van der Waals surface area contributed by atoms with Gasteiger partial charge in [0.1, 0.15) is 0 Å². The molecule has 1 aromatic carbocycles. The SMILES string of the molecule is O=C(Nc1cnccc1Cn1cc(O)n(-c2ccc(SC(F)(F)F)cc2)c1=O)C1CCCCC1. The number of thioether (sulfide) groups is 1. The Morgan fingerprint density at radius 2 is 1.85 bits per heavy atom. The summed E-state index contributed by atoms with van der Waals surface area (Å²) < 4.78 is 39.9. The van der Waals surface area contributed by atoms with Gasteiger partial charge in [-0.2, -0.15) is 13.2 Å². The smallest absolute Gasteiger partial charge is 0.446 e. The molecule has 4 rings (SSSR count). The number of aromatic hydroxyl groups is 1. The monoisotopic (exact) mass is 492 g/mol. The van der Waals surface area contributed by atoms with E-state index in [4.69, 9.17) is 0 Å². The minimum Gasteiger partial charge on any atom is -0.493 e. The van der Waals surface area contributed by atoms with Crippen LogP contribution in [0.4, 0.5) is 18.9 Å². The lowest BCUT2D eigenvalue weighted by Gasteiger charge is -2.21. The third kappa shape index (κ3) is 5.64. The molecule has 1 amide bonds. The fraction of sp³-hybridized carbons (Fsp3) is 0.348. The van der Waals surface area contributed by atoms with Crippen molar-refractivity contribution < 1.29 is 23.1 Å². The maximum atomic E-state index is 13.0. The second kappa shape index (κ2) is 9.96. The summed E-state index contributed by atoms with van der Waals surface area (Å²) in [4.78, 5) is 29.7. The maximum Gasteiger partial charge on any atom is 0.446 e. The fourth-order valence-corrected chi connectivity index (χ4v) is 4.63. The van der Waals surface area contributed by atoms with Crippen LogP contribution < -0.4 is 11.0 Å². The van der Waals surface area contributed by atoms with E-state index in [0.717, 1.165) is 36.7 Å². The highest BCUT2D eigenvalue weighted by Crippen LogP contribution is 2.37. The Morgan fingerprint density at radius 3 is 2.53 bits per heavy atom. The number of pyridine rings is 1. The second-order valence-electron chi connectivity index (χ2n) is 8.13. The highest BCUT2D eigenvalue weighted by atomic mass is 32.2. The van der Waals surface area contributed by atoms with Crippen molar-refractivity contribution >= 4 is 23.4 Å². The second-order valence-corrected chi connectivity index (χ2v) is 9.27. The number of halogens is 3. The predicted octanol–water partition coefficient (Wildman–Crippen LogP) is 4.92. The number of nitrogens with one attached hydrogen (secondary N) is 1. The molecule has 2 heterocycles. The van der Waals surface area contributed by atoms with Gasteiger partial charge in [0.15, 0.2) is 0 Å². The minimum absolute atomic E-state index is 0.0293. The van der Waals surface area contributed by atoms with Crippen molar-refractivity contribution in [3.63, 3.8) is 0 Å². The van der Waals surface area contributed by atoms with Crippen molar-refractivity contribution in [1.82, 2.24) is 14.1 Å². The zero-order valence-electron chi connectivity index (χ0n) is 18.1. The van der Waals surface area contributed by atoms with Crippen LogP contribution in [-0.4, -0.2) is 30.6 Å². The summed E-state index contributed by atoms with van der Waals surface area (Å²) in [7, 11) is 0. The average Bonchev–Trinajstić information content (AvgIpc) is 3.08. The number of benzene rings is 1. The summed E-state index contributed by atoms with van der Waals surface area (Å²) in [6.45, 7) is 0.0597. The van der Waals surface area contributed by atoms with Gasteiger partial charge in [-0.05, 0) is 60.5 Å². The van der Waals surface area contributed by atoms with Crippen molar-refractivity contribution in [2.75, 3.05) is 5.32 Å². The number of alkyl halides is 3. The first-order chi connectivity index (χ1) is 16.2. The lowest BCUT2D eigenvalue weighted by molar-refractivity contribution is -0.120. The zero-order valence-corrected chi connectivity index (χ0v) is 18.9. The Hall–Kier alpha value is -3.21. The van der Waals surface area contributed by atoms with E-state index in [2.05, 4.69) is 10.3 Å². The van der Waals surface area contributed by atoms with E-state index in [1.807, 2.05) is 0 Å². The molecular weight excluding hydrogens is 469 g/mol. The van der Waals surface area contributed by atoms with E-state index in [1.54, 1.807) is 12.3 Å². The summed E-state index contributed by atoms with van der Waals surface area (Å²) in [6.07, 6.45) is 9.18. The molecule has 11 heteroatoms. The predicted molar refractivity (Wildman–Crippen MR) is 122 cm³/mol. The van der Waals surface area contributed by atoms with Crippen LogP contribution in [0.3, 0.4) is 0 Å². The van der Waals surface area contributed by atoms with Crippen LogP contribution in [0.5, 0.6) is 5.88 Å². The highest BCUT2D eigenvalue weighted by Gasteiger charge is 2.29. The van der Waals surface area contributed by atoms with Gasteiger partial charge < -0.3 is 10.4 Å². The van der Waals surface area contributed by atoms with Crippen molar-refractivity contribution in [1.29, 1.82) is 0 Å². The molecule has 1 aliphatic carbocycles. The van der Waals surface area contributed by atoms with E-state index in [-0.39, 0.29) is 46.6 Å². The number of carbonyl (C=O) groups is 1. The number of anilines is 1. The molecular formula is C23H23F3N4O3S. The molecule has 0 spiro atoms. The van der Waals surface area contributed by atoms with Gasteiger partial charge >= 0.3 is 11.2 Å². The molecule has 7 nitrogen and oxygen atoms in total. The van der Waals surface area contributed by atoms with E-state index >= 15 is 0 Å². The average molecular weight is 493 g/mol. The van der Waals surface area contributed by atoms with E-state index in [0.29, 0.717) is 11.3 Å². The van der Waals surface area contributed by atoms with Gasteiger partial charge in [0.05, 0.1) is 30.3 Å². The summed E-state index contributed by atoms with van der Waals surface area (Å²) in [5.41, 5.74) is -3.64. The standard InChI is InChI=1S/C23H23F3N4O3S/c24-23(25,26)34-18-8-6-17(7-9-18)30-20(31)14-29(22(30)33)13-16-10-11-27-12-19(16)28-21(32)15-4-2-1-3-5-15/h6-12,14-15,31H,1-5,13H2,(H,28,32). The summed E-state index contributed by atoms with van der Waals surface area (Å²) in [5.74, 6) is -0.477. The van der Waals surface area contributed by atoms with E-state index in [1.165, 1.54) is 41.2 Å². The van der Waals surface area contributed by atoms with Crippen molar-refractivity contribution in [3.8, 4) is 11.6 Å². The van der Waals surface area contributed by atoms with Crippen LogP contribution in [0, 0.1) is 5.92 Å².